The highest BCUT2D eigenvalue weighted by Crippen LogP contribution is 2.45. The van der Waals surface area contributed by atoms with Gasteiger partial charge in [0, 0.05) is 25.1 Å². The van der Waals surface area contributed by atoms with Crippen LogP contribution in [0, 0.1) is 10.8 Å². The fourth-order valence-corrected chi connectivity index (χ4v) is 4.02. The Morgan fingerprint density at radius 2 is 1.74 bits per heavy atom. The molecular formula is C22H39N3O2. The van der Waals surface area contributed by atoms with Crippen LogP contribution in [0.25, 0.3) is 0 Å². The van der Waals surface area contributed by atoms with Crippen molar-refractivity contribution in [1.29, 1.82) is 0 Å². The van der Waals surface area contributed by atoms with Gasteiger partial charge in [-0.3, -0.25) is 4.99 Å². The van der Waals surface area contributed by atoms with E-state index in [0.717, 1.165) is 25.2 Å². The third-order valence-corrected chi connectivity index (χ3v) is 5.01. The molecule has 0 aromatic carbocycles. The summed E-state index contributed by atoms with van der Waals surface area (Å²) in [4.78, 5) is 19.8. The zero-order chi connectivity index (χ0) is 20.8. The van der Waals surface area contributed by atoms with Crippen molar-refractivity contribution < 1.29 is 9.53 Å². The summed E-state index contributed by atoms with van der Waals surface area (Å²) >= 11 is 0. The van der Waals surface area contributed by atoms with Crippen molar-refractivity contribution in [3.63, 3.8) is 0 Å². The predicted molar refractivity (Wildman–Crippen MR) is 112 cm³/mol. The van der Waals surface area contributed by atoms with E-state index >= 15 is 0 Å². The summed E-state index contributed by atoms with van der Waals surface area (Å²) in [6, 6.07) is 0.210. The van der Waals surface area contributed by atoms with Crippen molar-refractivity contribution in [2.75, 3.05) is 6.54 Å². The molecule has 2 aliphatic heterocycles. The van der Waals surface area contributed by atoms with Gasteiger partial charge < -0.3 is 15.0 Å². The number of nitrogens with zero attached hydrogens (tertiary/aromatic N) is 2. The summed E-state index contributed by atoms with van der Waals surface area (Å²) in [5.74, 6) is 1.13. The van der Waals surface area contributed by atoms with Gasteiger partial charge in [0.15, 0.2) is 0 Å². The van der Waals surface area contributed by atoms with Crippen LogP contribution in [0.3, 0.4) is 0 Å². The summed E-state index contributed by atoms with van der Waals surface area (Å²) in [6.07, 6.45) is 1.39. The highest BCUT2D eigenvalue weighted by molar-refractivity contribution is 5.86. The minimum atomic E-state index is -0.487. The second-order valence-electron chi connectivity index (χ2n) is 10.9. The fraction of sp³-hybridized carbons (Fsp3) is 0.818. The molecule has 1 N–H and O–H groups in total. The quantitative estimate of drug-likeness (QED) is 0.726. The topological polar surface area (TPSA) is 53.9 Å². The SMILES string of the molecule is CCC1=NC(C(C)(C)C)C(C(C)(C)C)=C2CC(NC(=O)OC(C)(C)C)CN12. The Kier molecular flexibility index (Phi) is 5.76. The molecule has 1 amide bonds. The van der Waals surface area contributed by atoms with Crippen LogP contribution in [0.5, 0.6) is 0 Å². The normalized spacial score (nSPS) is 23.9. The van der Waals surface area contributed by atoms with Gasteiger partial charge in [0.1, 0.15) is 11.4 Å². The lowest BCUT2D eigenvalue weighted by molar-refractivity contribution is 0.0507. The predicted octanol–water partition coefficient (Wildman–Crippen LogP) is 5.12. The molecule has 0 aromatic rings. The smallest absolute Gasteiger partial charge is 0.407 e. The summed E-state index contributed by atoms with van der Waals surface area (Å²) < 4.78 is 5.46. The Balaban J connectivity index is 2.36. The number of ether oxygens (including phenoxy) is 1. The first-order chi connectivity index (χ1) is 12.1. The van der Waals surface area contributed by atoms with Crippen molar-refractivity contribution in [3.8, 4) is 0 Å². The first kappa shape index (κ1) is 21.8. The van der Waals surface area contributed by atoms with E-state index in [1.807, 2.05) is 20.8 Å². The van der Waals surface area contributed by atoms with E-state index in [2.05, 4.69) is 58.7 Å². The Labute approximate surface area is 165 Å². The molecule has 0 aliphatic carbocycles. The molecule has 0 aromatic heterocycles. The van der Waals surface area contributed by atoms with E-state index < -0.39 is 5.60 Å². The average molecular weight is 378 g/mol. The number of aliphatic imine (C=N–C) groups is 1. The van der Waals surface area contributed by atoms with Crippen LogP contribution in [0.1, 0.15) is 82.1 Å². The van der Waals surface area contributed by atoms with Crippen LogP contribution in [0.4, 0.5) is 4.79 Å². The zero-order valence-electron chi connectivity index (χ0n) is 19.0. The molecule has 2 rings (SSSR count). The number of hydrogen-bond acceptors (Lipinski definition) is 4. The first-order valence-electron chi connectivity index (χ1n) is 10.2. The monoisotopic (exact) mass is 377 g/mol. The molecule has 0 radical (unpaired) electrons. The molecule has 2 heterocycles. The lowest BCUT2D eigenvalue weighted by Gasteiger charge is -2.43. The highest BCUT2D eigenvalue weighted by atomic mass is 16.6. The molecule has 5 heteroatoms. The summed E-state index contributed by atoms with van der Waals surface area (Å²) in [5.41, 5.74) is 2.34. The Hall–Kier alpha value is -1.52. The fourth-order valence-electron chi connectivity index (χ4n) is 4.02. The lowest BCUT2D eigenvalue weighted by atomic mass is 9.71. The maximum absolute atomic E-state index is 12.3. The van der Waals surface area contributed by atoms with Crippen LogP contribution in [-0.2, 0) is 4.74 Å². The standard InChI is InChI=1S/C22H39N3O2/c1-11-16-24-18(21(5,6)7)17(20(2,3)4)15-12-14(13-25(15)16)23-19(26)27-22(8,9)10/h14,18H,11-13H2,1-10H3,(H,23,26). The minimum absolute atomic E-state index is 0.0229. The van der Waals surface area contributed by atoms with Crippen LogP contribution < -0.4 is 5.32 Å². The molecule has 154 valence electrons. The van der Waals surface area contributed by atoms with E-state index in [1.165, 1.54) is 11.3 Å². The molecule has 0 saturated carbocycles. The molecule has 27 heavy (non-hydrogen) atoms. The maximum Gasteiger partial charge on any atom is 0.407 e. The van der Waals surface area contributed by atoms with Gasteiger partial charge in [-0.05, 0) is 37.2 Å². The summed E-state index contributed by atoms with van der Waals surface area (Å²) in [6.45, 7) is 22.2. The van der Waals surface area contributed by atoms with Crippen LogP contribution >= 0.6 is 0 Å². The van der Waals surface area contributed by atoms with Gasteiger partial charge in [0.2, 0.25) is 0 Å². The number of nitrogens with one attached hydrogen (secondary N) is 1. The van der Waals surface area contributed by atoms with Crippen LogP contribution in [0.15, 0.2) is 16.3 Å². The molecule has 0 bridgehead atoms. The molecule has 5 nitrogen and oxygen atoms in total. The second-order valence-corrected chi connectivity index (χ2v) is 10.9. The van der Waals surface area contributed by atoms with Gasteiger partial charge >= 0.3 is 6.09 Å². The molecule has 0 spiro atoms. The van der Waals surface area contributed by atoms with Crippen LogP contribution in [-0.4, -0.2) is 41.1 Å². The summed E-state index contributed by atoms with van der Waals surface area (Å²) in [7, 11) is 0. The minimum Gasteiger partial charge on any atom is -0.444 e. The van der Waals surface area contributed by atoms with Crippen molar-refractivity contribution in [2.24, 2.45) is 15.8 Å². The lowest BCUT2D eigenvalue weighted by Crippen LogP contribution is -2.44. The first-order valence-corrected chi connectivity index (χ1v) is 10.2. The van der Waals surface area contributed by atoms with Crippen LogP contribution in [0.2, 0.25) is 0 Å². The van der Waals surface area contributed by atoms with E-state index in [4.69, 9.17) is 9.73 Å². The van der Waals surface area contributed by atoms with Gasteiger partial charge in [-0.2, -0.15) is 0 Å². The Morgan fingerprint density at radius 1 is 1.15 bits per heavy atom. The number of fused-ring (bicyclic) bond motifs is 1. The number of hydrogen-bond donors (Lipinski definition) is 1. The zero-order valence-corrected chi connectivity index (χ0v) is 19.0. The molecule has 2 aliphatic rings. The third kappa shape index (κ3) is 5.05. The van der Waals surface area contributed by atoms with Gasteiger partial charge in [-0.25, -0.2) is 4.79 Å². The average Bonchev–Trinajstić information content (AvgIpc) is 2.83. The number of carbonyl (C=O) groups is 1. The Morgan fingerprint density at radius 3 is 2.19 bits per heavy atom. The third-order valence-electron chi connectivity index (χ3n) is 5.01. The molecule has 2 atom stereocenters. The van der Waals surface area contributed by atoms with Crippen molar-refractivity contribution >= 4 is 11.9 Å². The number of rotatable bonds is 2. The number of carbonyl (C=O) groups excluding carboxylic acids is 1. The van der Waals surface area contributed by atoms with E-state index in [1.54, 1.807) is 0 Å². The molecule has 1 fully saturated rings. The number of amidine groups is 1. The largest absolute Gasteiger partial charge is 0.444 e. The van der Waals surface area contributed by atoms with E-state index in [0.29, 0.717) is 0 Å². The van der Waals surface area contributed by atoms with E-state index in [-0.39, 0.29) is 29.0 Å². The molecular weight excluding hydrogens is 338 g/mol. The second kappa shape index (κ2) is 7.14. The molecule has 1 saturated heterocycles. The number of alkyl carbamates (subject to hydrolysis) is 1. The maximum atomic E-state index is 12.3. The van der Waals surface area contributed by atoms with E-state index in [9.17, 15) is 4.79 Å². The van der Waals surface area contributed by atoms with Gasteiger partial charge in [-0.1, -0.05) is 48.5 Å². The van der Waals surface area contributed by atoms with Crippen molar-refractivity contribution in [2.45, 2.75) is 99.8 Å². The van der Waals surface area contributed by atoms with Gasteiger partial charge in [0.25, 0.3) is 0 Å². The Bertz CT molecular complexity index is 642. The highest BCUT2D eigenvalue weighted by Gasteiger charge is 2.44. The van der Waals surface area contributed by atoms with Crippen molar-refractivity contribution in [1.82, 2.24) is 10.2 Å². The van der Waals surface area contributed by atoms with Gasteiger partial charge in [0.05, 0.1) is 12.1 Å². The van der Waals surface area contributed by atoms with Crippen molar-refractivity contribution in [3.05, 3.63) is 11.3 Å². The number of amides is 1. The molecule has 2 unspecified atom stereocenters. The summed E-state index contributed by atoms with van der Waals surface area (Å²) in [5, 5.41) is 3.07. The van der Waals surface area contributed by atoms with Gasteiger partial charge in [-0.15, -0.1) is 0 Å².